The van der Waals surface area contributed by atoms with E-state index in [1.165, 1.54) is 0 Å². The number of hydrogen-bond acceptors (Lipinski definition) is 5. The summed E-state index contributed by atoms with van der Waals surface area (Å²) in [5.74, 6) is 0. The van der Waals surface area contributed by atoms with Crippen molar-refractivity contribution in [2.75, 3.05) is 5.06 Å². The zero-order chi connectivity index (χ0) is 23.2. The lowest BCUT2D eigenvalue weighted by Gasteiger charge is -2.21. The maximum Gasteiger partial charge on any atom is 0.140 e. The molecule has 1 atom stereocenters. The van der Waals surface area contributed by atoms with Crippen LogP contribution in [0.3, 0.4) is 0 Å². The second kappa shape index (κ2) is 8.01. The molecule has 0 aliphatic carbocycles. The predicted molar refractivity (Wildman–Crippen MR) is 138 cm³/mol. The van der Waals surface area contributed by atoms with E-state index in [9.17, 15) is 0 Å². The van der Waals surface area contributed by atoms with Crippen LogP contribution in [-0.2, 0) is 4.84 Å². The van der Waals surface area contributed by atoms with Crippen molar-refractivity contribution in [3.63, 3.8) is 0 Å². The predicted octanol–water partition coefficient (Wildman–Crippen LogP) is 6.67. The van der Waals surface area contributed by atoms with Crippen LogP contribution in [0.25, 0.3) is 37.9 Å². The number of nitrogens with zero attached hydrogens (tertiary/aromatic N) is 4. The van der Waals surface area contributed by atoms with Crippen LogP contribution in [0.2, 0.25) is 0 Å². The Balaban J connectivity index is 1.46. The smallest absolute Gasteiger partial charge is 0.140 e. The quantitative estimate of drug-likeness (QED) is 0.301. The van der Waals surface area contributed by atoms with E-state index >= 15 is 0 Å². The highest BCUT2D eigenvalue weighted by molar-refractivity contribution is 5.98. The summed E-state index contributed by atoms with van der Waals surface area (Å²) in [5, 5.41) is 8.19. The first-order valence-corrected chi connectivity index (χ1v) is 11.5. The average Bonchev–Trinajstić information content (AvgIpc) is 3.37. The largest absolute Gasteiger partial charge is 0.264 e. The summed E-state index contributed by atoms with van der Waals surface area (Å²) in [4.78, 5) is 19.8. The summed E-state index contributed by atoms with van der Waals surface area (Å²) in [5.41, 5.74) is 3.90. The Morgan fingerprint density at radius 1 is 0.629 bits per heavy atom. The summed E-state index contributed by atoms with van der Waals surface area (Å²) < 4.78 is 0. The molecule has 0 bridgehead atoms. The topological polar surface area (TPSA) is 51.1 Å². The van der Waals surface area contributed by atoms with Crippen molar-refractivity contribution in [2.24, 2.45) is 0 Å². The fraction of sp³-hybridized carbons (Fsp3) is 0.0333. The molecule has 7 rings (SSSR count). The third kappa shape index (κ3) is 3.25. The second-order valence-corrected chi connectivity index (χ2v) is 8.53. The molecule has 3 aromatic carbocycles. The van der Waals surface area contributed by atoms with Crippen LogP contribution >= 0.6 is 0 Å². The van der Waals surface area contributed by atoms with E-state index in [1.54, 1.807) is 5.06 Å². The molecule has 3 aromatic heterocycles. The minimum atomic E-state index is -0.370. The van der Waals surface area contributed by atoms with Crippen molar-refractivity contribution in [3.05, 3.63) is 127 Å². The molecule has 0 spiro atoms. The van der Waals surface area contributed by atoms with E-state index in [-0.39, 0.29) is 6.10 Å². The molecule has 1 radical (unpaired) electrons. The van der Waals surface area contributed by atoms with E-state index in [1.807, 2.05) is 67.5 Å². The molecule has 35 heavy (non-hydrogen) atoms. The Morgan fingerprint density at radius 3 is 2.40 bits per heavy atom. The number of rotatable bonds is 3. The summed E-state index contributed by atoms with van der Waals surface area (Å²) in [6, 6.07) is 24.8. The first-order chi connectivity index (χ1) is 17.4. The maximum atomic E-state index is 6.67. The summed E-state index contributed by atoms with van der Waals surface area (Å²) in [6.45, 7) is 0. The van der Waals surface area contributed by atoms with Gasteiger partial charge in [0.05, 0.1) is 11.9 Å². The zero-order valence-electron chi connectivity index (χ0n) is 18.7. The third-order valence-corrected chi connectivity index (χ3v) is 6.53. The van der Waals surface area contributed by atoms with Gasteiger partial charge in [0.25, 0.3) is 0 Å². The minimum Gasteiger partial charge on any atom is -0.264 e. The number of pyridine rings is 3. The summed E-state index contributed by atoms with van der Waals surface area (Å²) >= 11 is 0. The molecule has 0 amide bonds. The number of benzene rings is 3. The van der Waals surface area contributed by atoms with Crippen molar-refractivity contribution in [1.29, 1.82) is 0 Å². The van der Waals surface area contributed by atoms with Crippen molar-refractivity contribution in [2.45, 2.75) is 6.10 Å². The van der Waals surface area contributed by atoms with E-state index in [4.69, 9.17) is 4.84 Å². The Morgan fingerprint density at radius 2 is 1.40 bits per heavy atom. The molecule has 0 saturated heterocycles. The summed E-state index contributed by atoms with van der Waals surface area (Å²) in [6.07, 6.45) is 14.3. The number of anilines is 1. The van der Waals surface area contributed by atoms with Crippen molar-refractivity contribution < 1.29 is 4.84 Å². The molecule has 0 N–H and O–H groups in total. The molecular weight excluding hydrogens is 432 g/mol. The second-order valence-electron chi connectivity index (χ2n) is 8.53. The Bertz CT molecular complexity index is 1740. The molecule has 5 heteroatoms. The highest BCUT2D eigenvalue weighted by Gasteiger charge is 2.33. The van der Waals surface area contributed by atoms with Crippen LogP contribution in [0.15, 0.2) is 110 Å². The Hall–Kier alpha value is -4.61. The molecule has 1 aliphatic rings. The van der Waals surface area contributed by atoms with Crippen molar-refractivity contribution in [1.82, 2.24) is 15.0 Å². The van der Waals surface area contributed by atoms with Gasteiger partial charge in [-0.05, 0) is 34.0 Å². The molecule has 5 nitrogen and oxygen atoms in total. The van der Waals surface area contributed by atoms with Gasteiger partial charge in [0.2, 0.25) is 0 Å². The van der Waals surface area contributed by atoms with Crippen LogP contribution in [-0.4, -0.2) is 15.0 Å². The van der Waals surface area contributed by atoms with E-state index < -0.39 is 0 Å². The van der Waals surface area contributed by atoms with Gasteiger partial charge in [0.1, 0.15) is 12.3 Å². The normalized spacial score (nSPS) is 15.7. The van der Waals surface area contributed by atoms with E-state index in [2.05, 4.69) is 63.6 Å². The first-order valence-electron chi connectivity index (χ1n) is 11.5. The lowest BCUT2D eigenvalue weighted by Crippen LogP contribution is -2.15. The minimum absolute atomic E-state index is 0.370. The molecule has 6 aromatic rings. The number of fused-ring (bicyclic) bond motifs is 3. The molecule has 0 saturated carbocycles. The van der Waals surface area contributed by atoms with E-state index in [0.29, 0.717) is 0 Å². The average molecular weight is 452 g/mol. The highest BCUT2D eigenvalue weighted by Crippen LogP contribution is 2.45. The molecule has 165 valence electrons. The zero-order valence-corrected chi connectivity index (χ0v) is 18.7. The van der Waals surface area contributed by atoms with Crippen LogP contribution in [0.5, 0.6) is 0 Å². The molecule has 0 fully saturated rings. The van der Waals surface area contributed by atoms with Crippen LogP contribution in [0, 0.1) is 6.20 Å². The van der Waals surface area contributed by atoms with Gasteiger partial charge in [0, 0.05) is 58.1 Å². The van der Waals surface area contributed by atoms with Crippen molar-refractivity contribution >= 4 is 43.6 Å². The fourth-order valence-electron chi connectivity index (χ4n) is 4.87. The van der Waals surface area contributed by atoms with Gasteiger partial charge in [-0.25, -0.2) is 5.06 Å². The van der Waals surface area contributed by atoms with Gasteiger partial charge >= 0.3 is 0 Å². The molecule has 1 aliphatic heterocycles. The van der Waals surface area contributed by atoms with Crippen LogP contribution < -0.4 is 5.06 Å². The molecule has 1 unspecified atom stereocenters. The Kier molecular flexibility index (Phi) is 4.54. The van der Waals surface area contributed by atoms with Crippen LogP contribution in [0.1, 0.15) is 17.2 Å². The van der Waals surface area contributed by atoms with Crippen LogP contribution in [0.4, 0.5) is 5.69 Å². The Labute approximate surface area is 201 Å². The SMILES string of the molecule is [C]1=C(c2cccc3ccncc23)C(c2cccc3cnccc23)ON1c1cncc2ccccc12. The van der Waals surface area contributed by atoms with E-state index in [0.717, 1.165) is 54.7 Å². The highest BCUT2D eigenvalue weighted by atomic mass is 16.7. The van der Waals surface area contributed by atoms with Gasteiger partial charge in [-0.1, -0.05) is 60.7 Å². The first kappa shape index (κ1) is 19.8. The lowest BCUT2D eigenvalue weighted by molar-refractivity contribution is 0.106. The monoisotopic (exact) mass is 451 g/mol. The fourth-order valence-corrected chi connectivity index (χ4v) is 4.87. The van der Waals surface area contributed by atoms with Gasteiger partial charge < -0.3 is 0 Å². The van der Waals surface area contributed by atoms with Gasteiger partial charge in [-0.3, -0.25) is 19.8 Å². The number of hydroxylamine groups is 1. The lowest BCUT2D eigenvalue weighted by atomic mass is 9.91. The van der Waals surface area contributed by atoms with Crippen molar-refractivity contribution in [3.8, 4) is 0 Å². The summed E-state index contributed by atoms with van der Waals surface area (Å²) in [7, 11) is 0. The molecule has 4 heterocycles. The van der Waals surface area contributed by atoms with Gasteiger partial charge in [0.15, 0.2) is 0 Å². The third-order valence-electron chi connectivity index (χ3n) is 6.53. The van der Waals surface area contributed by atoms with Gasteiger partial charge in [-0.15, -0.1) is 0 Å². The van der Waals surface area contributed by atoms with Gasteiger partial charge in [-0.2, -0.15) is 0 Å². The number of hydrogen-bond donors (Lipinski definition) is 0. The number of aromatic nitrogens is 3. The molecular formula is C30H19N4O. The standard InChI is InChI=1S/C30H19N4O/c1-2-8-24-22(5-1)16-33-18-29(24)34-19-28(25-9-3-6-20-11-13-32-17-27(20)25)30(35-34)26-10-4-7-21-15-31-14-12-23(21)26/h1-18,30H. The maximum absolute atomic E-state index is 6.67.